The third kappa shape index (κ3) is 3.80. The molecule has 18 heavy (non-hydrogen) atoms. The van der Waals surface area contributed by atoms with Crippen LogP contribution in [0.15, 0.2) is 30.3 Å². The van der Waals surface area contributed by atoms with Gasteiger partial charge in [-0.3, -0.25) is 9.45 Å². The molecule has 1 aliphatic heterocycles. The van der Waals surface area contributed by atoms with E-state index in [0.29, 0.717) is 5.92 Å². The first-order valence-electron chi connectivity index (χ1n) is 6.15. The summed E-state index contributed by atoms with van der Waals surface area (Å²) < 4.78 is 30.8. The quantitative estimate of drug-likeness (QED) is 0.844. The Morgan fingerprint density at radius 3 is 2.56 bits per heavy atom. The van der Waals surface area contributed by atoms with Crippen LogP contribution in [0.1, 0.15) is 12.5 Å². The van der Waals surface area contributed by atoms with E-state index in [-0.39, 0.29) is 11.7 Å². The minimum atomic E-state index is -3.86. The van der Waals surface area contributed by atoms with Gasteiger partial charge in [-0.1, -0.05) is 37.3 Å². The van der Waals surface area contributed by atoms with Crippen molar-refractivity contribution in [1.82, 2.24) is 4.90 Å². The standard InChI is InChI=1S/C13H19NO3S/c1-11-7-14(8-12-5-3-2-4-6-12)9-13(11)10-18(15,16)17/h2-6,11,13H,7-10H2,1H3,(H,15,16,17). The van der Waals surface area contributed by atoms with E-state index >= 15 is 0 Å². The summed E-state index contributed by atoms with van der Waals surface area (Å²) in [6.07, 6.45) is 0. The van der Waals surface area contributed by atoms with Gasteiger partial charge in [-0.15, -0.1) is 0 Å². The molecular formula is C13H19NO3S. The Kier molecular flexibility index (Phi) is 4.04. The lowest BCUT2D eigenvalue weighted by molar-refractivity contribution is 0.316. The van der Waals surface area contributed by atoms with Crippen LogP contribution >= 0.6 is 0 Å². The summed E-state index contributed by atoms with van der Waals surface area (Å²) in [7, 11) is -3.86. The van der Waals surface area contributed by atoms with Crippen LogP contribution in [-0.4, -0.2) is 36.7 Å². The molecular weight excluding hydrogens is 250 g/mol. The predicted molar refractivity (Wildman–Crippen MR) is 70.8 cm³/mol. The van der Waals surface area contributed by atoms with Gasteiger partial charge in [-0.2, -0.15) is 8.42 Å². The van der Waals surface area contributed by atoms with Gasteiger partial charge in [0.05, 0.1) is 5.75 Å². The number of benzene rings is 1. The summed E-state index contributed by atoms with van der Waals surface area (Å²) in [6.45, 7) is 4.50. The maximum atomic E-state index is 10.9. The van der Waals surface area contributed by atoms with Crippen molar-refractivity contribution < 1.29 is 13.0 Å². The molecule has 0 bridgehead atoms. The maximum absolute atomic E-state index is 10.9. The smallest absolute Gasteiger partial charge is 0.265 e. The second-order valence-corrected chi connectivity index (χ2v) is 6.66. The minimum absolute atomic E-state index is 0.0312. The van der Waals surface area contributed by atoms with Crippen LogP contribution in [0.4, 0.5) is 0 Å². The number of nitrogens with zero attached hydrogens (tertiary/aromatic N) is 1. The maximum Gasteiger partial charge on any atom is 0.265 e. The third-order valence-corrected chi connectivity index (χ3v) is 4.37. The minimum Gasteiger partial charge on any atom is -0.298 e. The second-order valence-electron chi connectivity index (χ2n) is 5.17. The van der Waals surface area contributed by atoms with Gasteiger partial charge in [0, 0.05) is 19.6 Å². The van der Waals surface area contributed by atoms with Gasteiger partial charge in [-0.25, -0.2) is 0 Å². The summed E-state index contributed by atoms with van der Waals surface area (Å²) >= 11 is 0. The molecule has 0 spiro atoms. The van der Waals surface area contributed by atoms with Crippen LogP contribution in [0, 0.1) is 11.8 Å². The van der Waals surface area contributed by atoms with Crippen molar-refractivity contribution in [3.05, 3.63) is 35.9 Å². The van der Waals surface area contributed by atoms with E-state index in [1.807, 2.05) is 25.1 Å². The number of hydrogen-bond donors (Lipinski definition) is 1. The fourth-order valence-corrected chi connectivity index (χ4v) is 3.58. The summed E-state index contributed by atoms with van der Waals surface area (Å²) in [5.74, 6) is 0.207. The van der Waals surface area contributed by atoms with Crippen molar-refractivity contribution in [3.8, 4) is 0 Å². The first-order chi connectivity index (χ1) is 8.44. The number of likely N-dealkylation sites (tertiary alicyclic amines) is 1. The molecule has 4 nitrogen and oxygen atoms in total. The molecule has 1 fully saturated rings. The molecule has 1 aromatic carbocycles. The SMILES string of the molecule is CC1CN(Cc2ccccc2)CC1CS(=O)(=O)O. The van der Waals surface area contributed by atoms with Crippen LogP contribution in [0.2, 0.25) is 0 Å². The Balaban J connectivity index is 1.95. The van der Waals surface area contributed by atoms with Gasteiger partial charge in [0.2, 0.25) is 0 Å². The van der Waals surface area contributed by atoms with Gasteiger partial charge in [0.1, 0.15) is 0 Å². The first kappa shape index (κ1) is 13.5. The second kappa shape index (κ2) is 5.38. The van der Waals surface area contributed by atoms with Crippen LogP contribution < -0.4 is 0 Å². The van der Waals surface area contributed by atoms with E-state index in [9.17, 15) is 8.42 Å². The molecule has 2 rings (SSSR count). The zero-order chi connectivity index (χ0) is 13.2. The molecule has 1 saturated heterocycles. The Morgan fingerprint density at radius 1 is 1.28 bits per heavy atom. The molecule has 2 unspecified atom stereocenters. The highest BCUT2D eigenvalue weighted by atomic mass is 32.2. The summed E-state index contributed by atoms with van der Waals surface area (Å²) in [4.78, 5) is 2.25. The predicted octanol–water partition coefficient (Wildman–Crippen LogP) is 1.64. The molecule has 0 radical (unpaired) electrons. The molecule has 1 N–H and O–H groups in total. The largest absolute Gasteiger partial charge is 0.298 e. The summed E-state index contributed by atoms with van der Waals surface area (Å²) in [5.41, 5.74) is 1.23. The van der Waals surface area contributed by atoms with E-state index in [1.165, 1.54) is 5.56 Å². The molecule has 2 atom stereocenters. The van der Waals surface area contributed by atoms with E-state index < -0.39 is 10.1 Å². The Morgan fingerprint density at radius 2 is 1.94 bits per heavy atom. The average Bonchev–Trinajstić information content (AvgIpc) is 2.58. The van der Waals surface area contributed by atoms with Crippen LogP contribution in [0.25, 0.3) is 0 Å². The summed E-state index contributed by atoms with van der Waals surface area (Å²) in [5, 5.41) is 0. The fourth-order valence-electron chi connectivity index (χ4n) is 2.60. The van der Waals surface area contributed by atoms with Gasteiger partial charge < -0.3 is 0 Å². The topological polar surface area (TPSA) is 57.6 Å². The van der Waals surface area contributed by atoms with Crippen molar-refractivity contribution in [3.63, 3.8) is 0 Å². The third-order valence-electron chi connectivity index (χ3n) is 3.52. The number of hydrogen-bond acceptors (Lipinski definition) is 3. The van der Waals surface area contributed by atoms with Crippen LogP contribution in [0.3, 0.4) is 0 Å². The zero-order valence-electron chi connectivity index (χ0n) is 10.5. The molecule has 1 aliphatic rings. The lowest BCUT2D eigenvalue weighted by atomic mass is 10.0. The molecule has 0 saturated carbocycles. The van der Waals surface area contributed by atoms with Crippen molar-refractivity contribution in [2.75, 3.05) is 18.8 Å². The van der Waals surface area contributed by atoms with Gasteiger partial charge in [-0.05, 0) is 17.4 Å². The van der Waals surface area contributed by atoms with E-state index in [2.05, 4.69) is 17.0 Å². The van der Waals surface area contributed by atoms with Gasteiger partial charge in [0.25, 0.3) is 10.1 Å². The van der Waals surface area contributed by atoms with Crippen molar-refractivity contribution >= 4 is 10.1 Å². The van der Waals surface area contributed by atoms with Crippen LogP contribution in [0.5, 0.6) is 0 Å². The lowest BCUT2D eigenvalue weighted by Crippen LogP contribution is -2.23. The fraction of sp³-hybridized carbons (Fsp3) is 0.538. The molecule has 1 aromatic rings. The zero-order valence-corrected chi connectivity index (χ0v) is 11.3. The van der Waals surface area contributed by atoms with E-state index in [1.54, 1.807) is 0 Å². The monoisotopic (exact) mass is 269 g/mol. The lowest BCUT2D eigenvalue weighted by Gasteiger charge is -2.15. The summed E-state index contributed by atoms with van der Waals surface area (Å²) in [6, 6.07) is 10.1. The Labute approximate surface area is 108 Å². The van der Waals surface area contributed by atoms with E-state index in [4.69, 9.17) is 4.55 Å². The Bertz CT molecular complexity index is 486. The highest BCUT2D eigenvalue weighted by Crippen LogP contribution is 2.25. The van der Waals surface area contributed by atoms with E-state index in [0.717, 1.165) is 19.6 Å². The normalized spacial score (nSPS) is 25.4. The van der Waals surface area contributed by atoms with Crippen molar-refractivity contribution in [1.29, 1.82) is 0 Å². The average molecular weight is 269 g/mol. The number of rotatable bonds is 4. The van der Waals surface area contributed by atoms with Crippen molar-refractivity contribution in [2.45, 2.75) is 13.5 Å². The molecule has 5 heteroatoms. The molecule has 0 aliphatic carbocycles. The Hall–Kier alpha value is -0.910. The molecule has 100 valence electrons. The molecule has 0 amide bonds. The highest BCUT2D eigenvalue weighted by Gasteiger charge is 2.32. The van der Waals surface area contributed by atoms with Crippen LogP contribution in [-0.2, 0) is 16.7 Å². The van der Waals surface area contributed by atoms with Gasteiger partial charge >= 0.3 is 0 Å². The molecule has 0 aromatic heterocycles. The van der Waals surface area contributed by atoms with Gasteiger partial charge in [0.15, 0.2) is 0 Å². The highest BCUT2D eigenvalue weighted by molar-refractivity contribution is 7.85. The van der Waals surface area contributed by atoms with Crippen molar-refractivity contribution in [2.24, 2.45) is 11.8 Å². The molecule has 1 heterocycles. The first-order valence-corrected chi connectivity index (χ1v) is 7.76.